The Morgan fingerprint density at radius 2 is 1.73 bits per heavy atom. The van der Waals surface area contributed by atoms with E-state index in [9.17, 15) is 5.11 Å². The zero-order chi connectivity index (χ0) is 25.4. The summed E-state index contributed by atoms with van der Waals surface area (Å²) in [7, 11) is 0. The number of hydrogen-bond acceptors (Lipinski definition) is 5. The summed E-state index contributed by atoms with van der Waals surface area (Å²) in [6.07, 6.45) is 11.5. The molecule has 6 rings (SSSR count). The third kappa shape index (κ3) is 4.81. The van der Waals surface area contributed by atoms with Crippen LogP contribution in [0.3, 0.4) is 0 Å². The first-order valence-electron chi connectivity index (χ1n) is 13.3. The van der Waals surface area contributed by atoms with Crippen LogP contribution < -0.4 is 21.4 Å². The van der Waals surface area contributed by atoms with E-state index < -0.39 is 0 Å². The van der Waals surface area contributed by atoms with Gasteiger partial charge in [-0.1, -0.05) is 29.8 Å². The van der Waals surface area contributed by atoms with Gasteiger partial charge >= 0.3 is 0 Å². The van der Waals surface area contributed by atoms with Crippen LogP contribution in [-0.2, 0) is 0 Å². The van der Waals surface area contributed by atoms with E-state index >= 15 is 0 Å². The van der Waals surface area contributed by atoms with Crippen molar-refractivity contribution in [3.05, 3.63) is 82.0 Å². The Hall–Kier alpha value is -3.77. The van der Waals surface area contributed by atoms with Gasteiger partial charge in [0.05, 0.1) is 56.7 Å². The molecule has 0 radical (unpaired) electrons. The normalized spacial score (nSPS) is 19.7. The number of aryl methyl sites for hydroxylation is 2. The van der Waals surface area contributed by atoms with E-state index in [2.05, 4.69) is 70.3 Å². The second-order valence-electron chi connectivity index (χ2n) is 10.2. The molecule has 1 aliphatic heterocycles. The monoisotopic (exact) mass is 491 g/mol. The number of rotatable bonds is 4. The summed E-state index contributed by atoms with van der Waals surface area (Å²) in [6, 6.07) is 17.2. The second-order valence-corrected chi connectivity index (χ2v) is 10.2. The van der Waals surface area contributed by atoms with E-state index in [1.54, 1.807) is 0 Å². The molecule has 0 atom stereocenters. The molecular formula is C31H33N5O. The molecule has 0 saturated heterocycles. The summed E-state index contributed by atoms with van der Waals surface area (Å²) < 4.78 is 2.33. The molecule has 4 aliphatic rings. The van der Waals surface area contributed by atoms with Gasteiger partial charge in [-0.2, -0.15) is 0 Å². The van der Waals surface area contributed by atoms with Gasteiger partial charge in [0.2, 0.25) is 0 Å². The predicted octanol–water partition coefficient (Wildman–Crippen LogP) is 4.29. The highest BCUT2D eigenvalue weighted by Gasteiger charge is 2.20. The Balaban J connectivity index is 1.61. The maximum atomic E-state index is 10.0. The molecule has 0 amide bonds. The average Bonchev–Trinajstić information content (AvgIpc) is 2.91. The number of pyridine rings is 1. The zero-order valence-corrected chi connectivity index (χ0v) is 21.5. The van der Waals surface area contributed by atoms with Crippen molar-refractivity contribution in [1.82, 2.24) is 14.5 Å². The highest BCUT2D eigenvalue weighted by Crippen LogP contribution is 2.26. The Labute approximate surface area is 217 Å². The SMILES string of the molecule is Cc1ccc(-n2c3cc(=NC4CCC(O)CC4)c(Nc4cccnc4C)cc-3nc3c2=CCCC=3)cc1. The van der Waals surface area contributed by atoms with Gasteiger partial charge < -0.3 is 15.0 Å². The molecule has 1 fully saturated rings. The van der Waals surface area contributed by atoms with E-state index in [4.69, 9.17) is 9.98 Å². The maximum absolute atomic E-state index is 10.0. The Morgan fingerprint density at radius 1 is 0.946 bits per heavy atom. The number of benzene rings is 2. The van der Waals surface area contributed by atoms with Gasteiger partial charge in [-0.3, -0.25) is 9.98 Å². The number of aliphatic hydroxyl groups excluding tert-OH is 1. The lowest BCUT2D eigenvalue weighted by Crippen LogP contribution is -2.40. The Morgan fingerprint density at radius 3 is 2.51 bits per heavy atom. The molecule has 0 unspecified atom stereocenters. The molecule has 3 aliphatic carbocycles. The Kier molecular flexibility index (Phi) is 6.35. The van der Waals surface area contributed by atoms with Crippen molar-refractivity contribution in [2.24, 2.45) is 4.99 Å². The van der Waals surface area contributed by atoms with Crippen LogP contribution in [0.1, 0.15) is 49.8 Å². The van der Waals surface area contributed by atoms with Crippen molar-refractivity contribution in [2.75, 3.05) is 5.32 Å². The van der Waals surface area contributed by atoms with Crippen molar-refractivity contribution in [3.63, 3.8) is 0 Å². The van der Waals surface area contributed by atoms with Crippen LogP contribution >= 0.6 is 0 Å². The average molecular weight is 492 g/mol. The standard InChI is InChI=1S/C31H33N5O/c1-20-9-13-23(14-10-20)36-30-8-4-3-6-26(30)35-29-18-27(34-25-7-5-17-32-21(25)2)28(19-31(29)36)33-22-11-15-24(37)16-12-22/h5-10,13-14,17-19,22,24,34,37H,3-4,11-12,15-16H2,1-2H3. The zero-order valence-electron chi connectivity index (χ0n) is 21.5. The molecule has 1 saturated carbocycles. The molecule has 6 nitrogen and oxygen atoms in total. The first-order valence-corrected chi connectivity index (χ1v) is 13.3. The van der Waals surface area contributed by atoms with E-state index in [-0.39, 0.29) is 12.1 Å². The molecule has 2 aromatic rings. The van der Waals surface area contributed by atoms with Gasteiger partial charge in [-0.15, -0.1) is 0 Å². The van der Waals surface area contributed by atoms with Crippen LogP contribution in [0.25, 0.3) is 29.2 Å². The van der Waals surface area contributed by atoms with Crippen molar-refractivity contribution in [1.29, 1.82) is 0 Å². The fraction of sp³-hybridized carbons (Fsp3) is 0.323. The number of hydrogen-bond donors (Lipinski definition) is 2. The summed E-state index contributed by atoms with van der Waals surface area (Å²) in [5.41, 5.74) is 7.14. The Bertz CT molecular complexity index is 1590. The summed E-state index contributed by atoms with van der Waals surface area (Å²) in [4.78, 5) is 14.8. The topological polar surface area (TPSA) is 75.3 Å². The maximum Gasteiger partial charge on any atom is 0.0900 e. The van der Waals surface area contributed by atoms with Crippen LogP contribution in [0.15, 0.2) is 59.7 Å². The van der Waals surface area contributed by atoms with Gasteiger partial charge in [0.15, 0.2) is 0 Å². The van der Waals surface area contributed by atoms with Crippen LogP contribution in [0.4, 0.5) is 11.4 Å². The molecule has 188 valence electrons. The van der Waals surface area contributed by atoms with E-state index in [0.717, 1.165) is 88.7 Å². The van der Waals surface area contributed by atoms with Crippen molar-refractivity contribution < 1.29 is 5.11 Å². The first-order chi connectivity index (χ1) is 18.0. The smallest absolute Gasteiger partial charge is 0.0900 e. The van der Waals surface area contributed by atoms with Gasteiger partial charge in [0, 0.05) is 11.9 Å². The van der Waals surface area contributed by atoms with Crippen molar-refractivity contribution in [2.45, 2.75) is 64.5 Å². The minimum absolute atomic E-state index is 0.190. The molecule has 0 spiro atoms. The molecule has 2 heterocycles. The van der Waals surface area contributed by atoms with Gasteiger partial charge in [-0.25, -0.2) is 4.98 Å². The number of nitrogens with zero attached hydrogens (tertiary/aromatic N) is 4. The van der Waals surface area contributed by atoms with E-state index in [1.165, 1.54) is 5.56 Å². The molecule has 2 N–H and O–H groups in total. The molecule has 1 aromatic carbocycles. The van der Waals surface area contributed by atoms with Gasteiger partial charge in [-0.05, 0) is 88.8 Å². The molecule has 0 bridgehead atoms. The van der Waals surface area contributed by atoms with Crippen molar-refractivity contribution in [3.8, 4) is 17.1 Å². The van der Waals surface area contributed by atoms with E-state index in [1.807, 2.05) is 25.3 Å². The minimum atomic E-state index is -0.204. The largest absolute Gasteiger partial charge is 0.393 e. The highest BCUT2D eigenvalue weighted by atomic mass is 16.3. The van der Waals surface area contributed by atoms with Crippen LogP contribution in [0.2, 0.25) is 0 Å². The fourth-order valence-corrected chi connectivity index (χ4v) is 5.38. The lowest BCUT2D eigenvalue weighted by Gasteiger charge is -2.23. The molecule has 6 heteroatoms. The molecule has 37 heavy (non-hydrogen) atoms. The number of anilines is 2. The second kappa shape index (κ2) is 9.94. The molecule has 1 aromatic heterocycles. The van der Waals surface area contributed by atoms with E-state index in [0.29, 0.717) is 0 Å². The summed E-state index contributed by atoms with van der Waals surface area (Å²) in [6.45, 7) is 4.12. The molecular weight excluding hydrogens is 458 g/mol. The quantitative estimate of drug-likeness (QED) is 0.447. The number of aliphatic hydroxyl groups is 1. The lowest BCUT2D eigenvalue weighted by atomic mass is 9.93. The fourth-order valence-electron chi connectivity index (χ4n) is 5.38. The lowest BCUT2D eigenvalue weighted by molar-refractivity contribution is 0.123. The van der Waals surface area contributed by atoms with Crippen LogP contribution in [-0.4, -0.2) is 31.8 Å². The third-order valence-corrected chi connectivity index (χ3v) is 7.48. The third-order valence-electron chi connectivity index (χ3n) is 7.48. The van der Waals surface area contributed by atoms with Crippen LogP contribution in [0.5, 0.6) is 0 Å². The number of nitrogens with one attached hydrogen (secondary N) is 1. The van der Waals surface area contributed by atoms with Gasteiger partial charge in [0.25, 0.3) is 0 Å². The van der Waals surface area contributed by atoms with Crippen LogP contribution in [0, 0.1) is 13.8 Å². The first kappa shape index (κ1) is 23.6. The number of fused-ring (bicyclic) bond motifs is 2. The summed E-state index contributed by atoms with van der Waals surface area (Å²) in [5.74, 6) is 0. The van der Waals surface area contributed by atoms with Gasteiger partial charge in [0.1, 0.15) is 0 Å². The number of aromatic nitrogens is 3. The summed E-state index contributed by atoms with van der Waals surface area (Å²) in [5, 5.41) is 16.7. The minimum Gasteiger partial charge on any atom is -0.393 e. The highest BCUT2D eigenvalue weighted by molar-refractivity contribution is 5.71. The summed E-state index contributed by atoms with van der Waals surface area (Å²) >= 11 is 0. The predicted molar refractivity (Wildman–Crippen MR) is 148 cm³/mol. The van der Waals surface area contributed by atoms with Crippen molar-refractivity contribution >= 4 is 23.5 Å².